The topological polar surface area (TPSA) is 49.4 Å². The number of nitrogens with zero attached hydrogens (tertiary/aromatic N) is 1. The predicted octanol–water partition coefficient (Wildman–Crippen LogP) is 1.72. The zero-order valence-corrected chi connectivity index (χ0v) is 12.1. The molecule has 1 atom stereocenters. The summed E-state index contributed by atoms with van der Waals surface area (Å²) in [6.07, 6.45) is 8.79. The van der Waals surface area contributed by atoms with Crippen LogP contribution in [0, 0.1) is 0 Å². The molecule has 0 aromatic rings. The first-order chi connectivity index (χ1) is 8.68. The molecule has 2 fully saturated rings. The molecule has 1 unspecified atom stereocenters. The van der Waals surface area contributed by atoms with E-state index in [-0.39, 0.29) is 0 Å². The van der Waals surface area contributed by atoms with Crippen molar-refractivity contribution in [3.63, 3.8) is 0 Å². The van der Waals surface area contributed by atoms with Crippen molar-refractivity contribution in [1.82, 2.24) is 9.62 Å². The number of hydrogen-bond acceptors (Lipinski definition) is 3. The quantitative estimate of drug-likeness (QED) is 0.849. The normalized spacial score (nSPS) is 27.9. The van der Waals surface area contributed by atoms with Gasteiger partial charge < -0.3 is 5.32 Å². The summed E-state index contributed by atoms with van der Waals surface area (Å²) in [6.45, 7) is 2.52. The smallest absolute Gasteiger partial charge is 0.214 e. The van der Waals surface area contributed by atoms with E-state index in [1.54, 1.807) is 4.31 Å². The van der Waals surface area contributed by atoms with Gasteiger partial charge >= 0.3 is 0 Å². The number of rotatable bonds is 4. The van der Waals surface area contributed by atoms with E-state index < -0.39 is 10.0 Å². The first-order valence-corrected chi connectivity index (χ1v) is 9.00. The van der Waals surface area contributed by atoms with Crippen LogP contribution in [0.2, 0.25) is 0 Å². The SMILES string of the molecule is O=S(=O)(CCC1CCCCN1)N1CCCCCC1. The second-order valence-corrected chi connectivity index (χ2v) is 7.65. The van der Waals surface area contributed by atoms with Crippen LogP contribution in [0.25, 0.3) is 0 Å². The molecule has 5 heteroatoms. The van der Waals surface area contributed by atoms with Gasteiger partial charge in [0, 0.05) is 19.1 Å². The van der Waals surface area contributed by atoms with Gasteiger partial charge in [0.2, 0.25) is 10.0 Å². The van der Waals surface area contributed by atoms with E-state index in [2.05, 4.69) is 5.32 Å². The number of hydrogen-bond donors (Lipinski definition) is 1. The fraction of sp³-hybridized carbons (Fsp3) is 1.00. The first-order valence-electron chi connectivity index (χ1n) is 7.40. The van der Waals surface area contributed by atoms with Crippen LogP contribution in [-0.4, -0.2) is 44.2 Å². The third kappa shape index (κ3) is 4.21. The van der Waals surface area contributed by atoms with Crippen molar-refractivity contribution in [3.05, 3.63) is 0 Å². The average molecular weight is 274 g/mol. The molecule has 0 aromatic carbocycles. The molecule has 2 aliphatic rings. The average Bonchev–Trinajstić information content (AvgIpc) is 2.67. The van der Waals surface area contributed by atoms with E-state index in [4.69, 9.17) is 0 Å². The van der Waals surface area contributed by atoms with Crippen LogP contribution in [0.15, 0.2) is 0 Å². The van der Waals surface area contributed by atoms with Crippen LogP contribution < -0.4 is 5.32 Å². The Morgan fingerprint density at radius 2 is 1.72 bits per heavy atom. The lowest BCUT2D eigenvalue weighted by Crippen LogP contribution is -2.39. The molecule has 4 nitrogen and oxygen atoms in total. The Hall–Kier alpha value is -0.130. The standard InChI is InChI=1S/C13H26N2O2S/c16-18(17,15-10-5-1-2-6-11-15)12-8-13-7-3-4-9-14-13/h13-14H,1-12H2. The highest BCUT2D eigenvalue weighted by Gasteiger charge is 2.24. The third-order valence-corrected chi connectivity index (χ3v) is 6.00. The molecule has 2 heterocycles. The molecule has 0 radical (unpaired) electrons. The highest BCUT2D eigenvalue weighted by atomic mass is 32.2. The Kier molecular flexibility index (Phi) is 5.45. The van der Waals surface area contributed by atoms with Crippen LogP contribution >= 0.6 is 0 Å². The van der Waals surface area contributed by atoms with Crippen molar-refractivity contribution in [3.8, 4) is 0 Å². The highest BCUT2D eigenvalue weighted by molar-refractivity contribution is 7.89. The van der Waals surface area contributed by atoms with Gasteiger partial charge in [0.15, 0.2) is 0 Å². The van der Waals surface area contributed by atoms with Gasteiger partial charge in [-0.2, -0.15) is 0 Å². The lowest BCUT2D eigenvalue weighted by molar-refractivity contribution is 0.384. The zero-order valence-electron chi connectivity index (χ0n) is 11.2. The van der Waals surface area contributed by atoms with Crippen molar-refractivity contribution in [2.45, 2.75) is 57.4 Å². The molecule has 0 amide bonds. The second kappa shape index (κ2) is 6.87. The Morgan fingerprint density at radius 1 is 1.00 bits per heavy atom. The van der Waals surface area contributed by atoms with Gasteiger partial charge in [-0.15, -0.1) is 0 Å². The predicted molar refractivity (Wildman–Crippen MR) is 74.1 cm³/mol. The van der Waals surface area contributed by atoms with Gasteiger partial charge in [0.1, 0.15) is 0 Å². The molecular weight excluding hydrogens is 248 g/mol. The number of piperidine rings is 1. The van der Waals surface area contributed by atoms with Crippen molar-refractivity contribution in [2.24, 2.45) is 0 Å². The molecule has 0 aliphatic carbocycles. The monoisotopic (exact) mass is 274 g/mol. The first kappa shape index (κ1) is 14.3. The maximum atomic E-state index is 12.3. The maximum absolute atomic E-state index is 12.3. The Morgan fingerprint density at radius 3 is 2.33 bits per heavy atom. The molecule has 0 bridgehead atoms. The lowest BCUT2D eigenvalue weighted by Gasteiger charge is -2.25. The summed E-state index contributed by atoms with van der Waals surface area (Å²) in [5.74, 6) is 0.324. The minimum absolute atomic E-state index is 0.324. The van der Waals surface area contributed by atoms with Crippen molar-refractivity contribution in [1.29, 1.82) is 0 Å². The van der Waals surface area contributed by atoms with Gasteiger partial charge in [0.05, 0.1) is 5.75 Å². The molecule has 0 saturated carbocycles. The minimum atomic E-state index is -3.01. The summed E-state index contributed by atoms with van der Waals surface area (Å²) in [6, 6.07) is 0.417. The molecule has 1 N–H and O–H groups in total. The van der Waals surface area contributed by atoms with Crippen molar-refractivity contribution < 1.29 is 8.42 Å². The lowest BCUT2D eigenvalue weighted by atomic mass is 10.0. The largest absolute Gasteiger partial charge is 0.314 e. The zero-order chi connectivity index (χ0) is 12.8. The van der Waals surface area contributed by atoms with Crippen LogP contribution in [-0.2, 0) is 10.0 Å². The van der Waals surface area contributed by atoms with Crippen LogP contribution in [0.4, 0.5) is 0 Å². The van der Waals surface area contributed by atoms with E-state index in [1.807, 2.05) is 0 Å². The van der Waals surface area contributed by atoms with Crippen LogP contribution in [0.3, 0.4) is 0 Å². The molecule has 106 valence electrons. The van der Waals surface area contributed by atoms with Gasteiger partial charge in [0.25, 0.3) is 0 Å². The van der Waals surface area contributed by atoms with E-state index in [0.717, 1.165) is 45.3 Å². The summed E-state index contributed by atoms with van der Waals surface area (Å²) >= 11 is 0. The minimum Gasteiger partial charge on any atom is -0.314 e. The number of nitrogens with one attached hydrogen (secondary N) is 1. The van der Waals surface area contributed by atoms with E-state index in [9.17, 15) is 8.42 Å². The summed E-state index contributed by atoms with van der Waals surface area (Å²) in [5, 5.41) is 3.42. The maximum Gasteiger partial charge on any atom is 0.214 e. The fourth-order valence-corrected chi connectivity index (χ4v) is 4.57. The number of sulfonamides is 1. The molecule has 2 rings (SSSR count). The Bertz CT molecular complexity index is 329. The van der Waals surface area contributed by atoms with Gasteiger partial charge in [-0.1, -0.05) is 19.3 Å². The summed E-state index contributed by atoms with van der Waals surface area (Å²) in [5.41, 5.74) is 0. The highest BCUT2D eigenvalue weighted by Crippen LogP contribution is 2.16. The molecule has 0 aromatic heterocycles. The van der Waals surface area contributed by atoms with Gasteiger partial charge in [-0.3, -0.25) is 0 Å². The van der Waals surface area contributed by atoms with Crippen molar-refractivity contribution in [2.75, 3.05) is 25.4 Å². The summed E-state index contributed by atoms with van der Waals surface area (Å²) < 4.78 is 26.3. The van der Waals surface area contributed by atoms with E-state index in [0.29, 0.717) is 11.8 Å². The Balaban J connectivity index is 1.81. The van der Waals surface area contributed by atoms with Gasteiger partial charge in [-0.05, 0) is 38.6 Å². The molecule has 18 heavy (non-hydrogen) atoms. The molecule has 2 aliphatic heterocycles. The second-order valence-electron chi connectivity index (χ2n) is 5.56. The van der Waals surface area contributed by atoms with E-state index in [1.165, 1.54) is 25.7 Å². The summed E-state index contributed by atoms with van der Waals surface area (Å²) in [4.78, 5) is 0. The van der Waals surface area contributed by atoms with Crippen LogP contribution in [0.5, 0.6) is 0 Å². The van der Waals surface area contributed by atoms with Gasteiger partial charge in [-0.25, -0.2) is 12.7 Å². The van der Waals surface area contributed by atoms with E-state index >= 15 is 0 Å². The molecular formula is C13H26N2O2S. The fourth-order valence-electron chi connectivity index (χ4n) is 2.91. The molecule has 2 saturated heterocycles. The van der Waals surface area contributed by atoms with Crippen molar-refractivity contribution >= 4 is 10.0 Å². The Labute approximate surface area is 111 Å². The third-order valence-electron chi connectivity index (χ3n) is 4.10. The molecule has 0 spiro atoms. The summed E-state index contributed by atoms with van der Waals surface area (Å²) in [7, 11) is -3.01. The van der Waals surface area contributed by atoms with Crippen LogP contribution in [0.1, 0.15) is 51.4 Å².